The van der Waals surface area contributed by atoms with Gasteiger partial charge in [-0.25, -0.2) is 4.79 Å². The molecule has 0 aliphatic rings. The Morgan fingerprint density at radius 1 is 0.368 bits per heavy atom. The van der Waals surface area contributed by atoms with Crippen molar-refractivity contribution in [1.29, 1.82) is 0 Å². The van der Waals surface area contributed by atoms with Crippen molar-refractivity contribution in [3.8, 4) is 0 Å². The molecule has 0 aromatic rings. The molecule has 0 spiro atoms. The lowest BCUT2D eigenvalue weighted by molar-refractivity contribution is -0.142. The summed E-state index contributed by atoms with van der Waals surface area (Å²) in [4.78, 5) is 105. The van der Waals surface area contributed by atoms with Gasteiger partial charge in [-0.05, 0) is 45.1 Å². The highest BCUT2D eigenvalue weighted by Gasteiger charge is 2.22. The average Bonchev–Trinajstić information content (AvgIpc) is 3.38. The molecule has 0 unspecified atom stereocenters. The van der Waals surface area contributed by atoms with Gasteiger partial charge in [-0.3, -0.25) is 38.4 Å². The lowest BCUT2D eigenvalue weighted by Gasteiger charge is -2.14. The molecule has 26 nitrogen and oxygen atoms in total. The summed E-state index contributed by atoms with van der Waals surface area (Å²) in [5.41, 5.74) is 5.38. The van der Waals surface area contributed by atoms with Gasteiger partial charge in [-0.2, -0.15) is 4.39 Å². The number of carboxylic acid groups (broad SMARTS) is 2. The SMILES string of the molecule is NCCCC[C@H](NC(=O)COCCOCCNC(=O)COCCOCCNC(=O)COCCOCCNC(=O)COCCOCCNC(=O)CC[C@H](NC(=O)CCCCCCCCCCCCC(=O)O)C(=O)O)C(=O)F. The molecular formula is C49H88FN7O19. The van der Waals surface area contributed by atoms with Gasteiger partial charge < -0.3 is 85.7 Å². The highest BCUT2D eigenvalue weighted by atomic mass is 19.1. The number of nitrogens with two attached hydrogens (primary N) is 1. The number of ether oxygens (including phenoxy) is 8. The zero-order valence-corrected chi connectivity index (χ0v) is 44.3. The third-order valence-electron chi connectivity index (χ3n) is 10.6. The highest BCUT2D eigenvalue weighted by molar-refractivity contribution is 5.85. The molecule has 2 atom stereocenters. The highest BCUT2D eigenvalue weighted by Crippen LogP contribution is 2.12. The molecule has 0 saturated heterocycles. The number of unbranched alkanes of at least 4 members (excludes halogenated alkanes) is 10. The Kier molecular flexibility index (Phi) is 48.6. The zero-order chi connectivity index (χ0) is 56.1. The van der Waals surface area contributed by atoms with Crippen molar-refractivity contribution in [1.82, 2.24) is 31.9 Å². The number of nitrogens with one attached hydrogen (secondary N) is 6. The summed E-state index contributed by atoms with van der Waals surface area (Å²) in [6.07, 6.45) is 11.1. The minimum absolute atomic E-state index is 0.0549. The Hall–Kier alpha value is -5.00. The van der Waals surface area contributed by atoms with Crippen LogP contribution < -0.4 is 37.6 Å². The molecule has 0 aliphatic carbocycles. The van der Waals surface area contributed by atoms with E-state index in [9.17, 15) is 52.6 Å². The second-order valence-electron chi connectivity index (χ2n) is 17.2. The van der Waals surface area contributed by atoms with Crippen molar-refractivity contribution in [2.45, 2.75) is 121 Å². The normalized spacial score (nSPS) is 11.8. The van der Waals surface area contributed by atoms with Crippen LogP contribution in [0.1, 0.15) is 109 Å². The van der Waals surface area contributed by atoms with Crippen LogP contribution in [0, 0.1) is 0 Å². The van der Waals surface area contributed by atoms with E-state index in [4.69, 9.17) is 48.7 Å². The van der Waals surface area contributed by atoms with Crippen LogP contribution in [0.4, 0.5) is 4.39 Å². The van der Waals surface area contributed by atoms with Crippen LogP contribution in [0.3, 0.4) is 0 Å². The summed E-state index contributed by atoms with van der Waals surface area (Å²) >= 11 is 0. The minimum Gasteiger partial charge on any atom is -0.481 e. The summed E-state index contributed by atoms with van der Waals surface area (Å²) < 4.78 is 55.5. The maximum Gasteiger partial charge on any atom is 0.326 e. The number of carbonyl (C=O) groups excluding carboxylic acids is 7. The summed E-state index contributed by atoms with van der Waals surface area (Å²) in [5, 5.41) is 33.5. The van der Waals surface area contributed by atoms with Crippen LogP contribution >= 0.6 is 0 Å². The molecule has 0 heterocycles. The molecule has 0 saturated carbocycles. The van der Waals surface area contributed by atoms with Gasteiger partial charge in [0.1, 0.15) is 38.5 Å². The Morgan fingerprint density at radius 2 is 0.724 bits per heavy atom. The predicted molar refractivity (Wildman–Crippen MR) is 271 cm³/mol. The van der Waals surface area contributed by atoms with E-state index in [0.717, 1.165) is 51.4 Å². The van der Waals surface area contributed by atoms with Crippen LogP contribution in [0.5, 0.6) is 0 Å². The van der Waals surface area contributed by atoms with Crippen LogP contribution in [0.15, 0.2) is 0 Å². The van der Waals surface area contributed by atoms with Crippen molar-refractivity contribution < 1.29 is 95.6 Å². The number of amides is 6. The molecule has 0 aliphatic heterocycles. The van der Waals surface area contributed by atoms with Crippen LogP contribution in [0.2, 0.25) is 0 Å². The standard InChI is InChI=1S/C49H88FN7O19/c50-48(66)39(13-11-12-18-51)56-46(63)38-76-34-30-72-26-22-55-45(62)37-75-33-29-71-25-21-54-44(61)36-74-32-28-70-24-20-53-43(60)35-73-31-27-69-23-19-52-41(58)17-16-40(49(67)68)57-42(59)14-9-7-5-3-1-2-4-6-8-10-15-47(64)65/h39-40H,1-38,51H2,(H,52,58)(H,53,60)(H,54,61)(H,55,62)(H,56,63)(H,57,59)(H,64,65)(H,67,68)/t39-,40-/m0/s1. The van der Waals surface area contributed by atoms with Crippen LogP contribution in [-0.2, 0) is 81.0 Å². The fraction of sp³-hybridized carbons (Fsp3) is 0.816. The quantitative estimate of drug-likeness (QED) is 0.0281. The predicted octanol–water partition coefficient (Wildman–Crippen LogP) is -0.191. The second-order valence-corrected chi connectivity index (χ2v) is 17.2. The van der Waals surface area contributed by atoms with Gasteiger partial charge in [-0.1, -0.05) is 51.4 Å². The van der Waals surface area contributed by atoms with E-state index in [-0.39, 0.29) is 194 Å². The first-order valence-electron chi connectivity index (χ1n) is 26.4. The Labute approximate surface area is 445 Å². The summed E-state index contributed by atoms with van der Waals surface area (Å²) in [6, 6.07) is -4.01. The fourth-order valence-corrected chi connectivity index (χ4v) is 6.58. The van der Waals surface area contributed by atoms with Crippen molar-refractivity contribution in [3.05, 3.63) is 0 Å². The van der Waals surface area contributed by atoms with E-state index < -0.39 is 36.0 Å². The fourth-order valence-electron chi connectivity index (χ4n) is 6.58. The summed E-state index contributed by atoms with van der Waals surface area (Å²) in [7, 11) is 0. The first kappa shape index (κ1) is 71.0. The van der Waals surface area contributed by atoms with Crippen molar-refractivity contribution in [2.24, 2.45) is 5.73 Å². The molecule has 10 N–H and O–H groups in total. The number of rotatable bonds is 56. The second kappa shape index (κ2) is 52.1. The number of halogens is 1. The lowest BCUT2D eigenvalue weighted by Crippen LogP contribution is -2.41. The lowest BCUT2D eigenvalue weighted by atomic mass is 10.0. The van der Waals surface area contributed by atoms with Gasteiger partial charge in [0.2, 0.25) is 35.4 Å². The van der Waals surface area contributed by atoms with E-state index in [1.54, 1.807) is 0 Å². The summed E-state index contributed by atoms with van der Waals surface area (Å²) in [6.45, 7) is 2.36. The number of hydrogen-bond donors (Lipinski definition) is 9. The molecule has 440 valence electrons. The Balaban J connectivity index is 3.61. The van der Waals surface area contributed by atoms with Crippen molar-refractivity contribution >= 4 is 53.4 Å². The molecule has 6 amide bonds. The number of carbonyl (C=O) groups is 9. The topological polar surface area (TPSA) is 366 Å². The van der Waals surface area contributed by atoms with E-state index in [0.29, 0.717) is 32.2 Å². The molecule has 27 heteroatoms. The molecule has 0 aromatic heterocycles. The van der Waals surface area contributed by atoms with E-state index >= 15 is 0 Å². The zero-order valence-electron chi connectivity index (χ0n) is 44.3. The van der Waals surface area contributed by atoms with Crippen LogP contribution in [0.25, 0.3) is 0 Å². The molecule has 0 fully saturated rings. The van der Waals surface area contributed by atoms with Gasteiger partial charge >= 0.3 is 18.0 Å². The van der Waals surface area contributed by atoms with Crippen LogP contribution in [-0.4, -0.2) is 214 Å². The molecule has 0 bridgehead atoms. The first-order chi connectivity index (χ1) is 36.7. The van der Waals surface area contributed by atoms with Gasteiger partial charge in [0.05, 0.1) is 79.3 Å². The largest absolute Gasteiger partial charge is 0.481 e. The maximum absolute atomic E-state index is 13.1. The maximum atomic E-state index is 13.1. The Bertz CT molecular complexity index is 1590. The molecule has 0 rings (SSSR count). The first-order valence-corrected chi connectivity index (χ1v) is 26.4. The molecule has 76 heavy (non-hydrogen) atoms. The van der Waals surface area contributed by atoms with E-state index in [2.05, 4.69) is 31.9 Å². The van der Waals surface area contributed by atoms with Gasteiger partial charge in [0.25, 0.3) is 0 Å². The minimum atomic E-state index is -1.62. The van der Waals surface area contributed by atoms with E-state index in [1.165, 1.54) is 0 Å². The molecular weight excluding hydrogens is 1010 g/mol. The van der Waals surface area contributed by atoms with Gasteiger partial charge in [0, 0.05) is 45.4 Å². The third-order valence-corrected chi connectivity index (χ3v) is 10.6. The molecule has 0 radical (unpaired) electrons. The monoisotopic (exact) mass is 1100 g/mol. The van der Waals surface area contributed by atoms with Crippen molar-refractivity contribution in [3.63, 3.8) is 0 Å². The molecule has 0 aromatic carbocycles. The Morgan fingerprint density at radius 3 is 1.11 bits per heavy atom. The van der Waals surface area contributed by atoms with Gasteiger partial charge in [-0.15, -0.1) is 0 Å². The third kappa shape index (κ3) is 49.9. The smallest absolute Gasteiger partial charge is 0.326 e. The van der Waals surface area contributed by atoms with E-state index in [1.807, 2.05) is 0 Å². The summed E-state index contributed by atoms with van der Waals surface area (Å²) in [5.74, 6) is -4.39. The number of aliphatic carboxylic acids is 2. The number of hydrogen-bond acceptors (Lipinski definition) is 18. The average molecular weight is 1100 g/mol. The van der Waals surface area contributed by atoms with Gasteiger partial charge in [0.15, 0.2) is 0 Å². The van der Waals surface area contributed by atoms with Crippen molar-refractivity contribution in [2.75, 3.05) is 138 Å². The number of carboxylic acids is 2.